The van der Waals surface area contributed by atoms with Crippen LogP contribution in [0, 0.1) is 5.41 Å². The van der Waals surface area contributed by atoms with Crippen molar-refractivity contribution in [2.75, 3.05) is 19.6 Å². The molecule has 0 radical (unpaired) electrons. The van der Waals surface area contributed by atoms with E-state index >= 15 is 0 Å². The van der Waals surface area contributed by atoms with Crippen molar-refractivity contribution in [2.24, 2.45) is 5.41 Å². The summed E-state index contributed by atoms with van der Waals surface area (Å²) in [6.07, 6.45) is 7.87. The van der Waals surface area contributed by atoms with Gasteiger partial charge in [-0.25, -0.2) is 0 Å². The zero-order valence-corrected chi connectivity index (χ0v) is 17.1. The van der Waals surface area contributed by atoms with Crippen LogP contribution in [-0.2, 0) is 16.0 Å². The molecule has 2 aromatic rings. The highest BCUT2D eigenvalue weighted by Crippen LogP contribution is 2.37. The van der Waals surface area contributed by atoms with Gasteiger partial charge in [-0.3, -0.25) is 14.6 Å². The molecule has 0 aliphatic carbocycles. The van der Waals surface area contributed by atoms with Gasteiger partial charge in [0.15, 0.2) is 0 Å². The van der Waals surface area contributed by atoms with Crippen molar-refractivity contribution >= 4 is 11.8 Å². The lowest BCUT2D eigenvalue weighted by Crippen LogP contribution is -2.54. The quantitative estimate of drug-likeness (QED) is 0.734. The number of likely N-dealkylation sites (tertiary alicyclic amines) is 1. The summed E-state index contributed by atoms with van der Waals surface area (Å²) in [5.41, 5.74) is 2.65. The molecule has 0 saturated carbocycles. The maximum atomic E-state index is 13.3. The minimum absolute atomic E-state index is 0.00413. The molecule has 3 rings (SSSR count). The van der Waals surface area contributed by atoms with E-state index in [9.17, 15) is 9.59 Å². The Morgan fingerprint density at radius 3 is 2.72 bits per heavy atom. The van der Waals surface area contributed by atoms with Gasteiger partial charge >= 0.3 is 0 Å². The summed E-state index contributed by atoms with van der Waals surface area (Å²) < 4.78 is 0. The van der Waals surface area contributed by atoms with Gasteiger partial charge in [0.25, 0.3) is 0 Å². The van der Waals surface area contributed by atoms with Gasteiger partial charge in [0, 0.05) is 38.4 Å². The lowest BCUT2D eigenvalue weighted by Gasteiger charge is -2.42. The molecule has 1 aliphatic rings. The third-order valence-corrected chi connectivity index (χ3v) is 5.66. The number of amides is 2. The molecule has 5 heteroatoms. The van der Waals surface area contributed by atoms with E-state index in [0.717, 1.165) is 36.1 Å². The zero-order chi connectivity index (χ0) is 20.7. The summed E-state index contributed by atoms with van der Waals surface area (Å²) in [4.78, 5) is 31.7. The van der Waals surface area contributed by atoms with Gasteiger partial charge in [0.1, 0.15) is 0 Å². The second-order valence-electron chi connectivity index (χ2n) is 7.62. The SMILES string of the molecule is C=CCNC(=O)[C@@]1(Cc2ccccc2-c2ccncc2)CCCN(C(=O)CC)C1. The van der Waals surface area contributed by atoms with Gasteiger partial charge in [-0.15, -0.1) is 6.58 Å². The van der Waals surface area contributed by atoms with Crippen molar-refractivity contribution in [1.29, 1.82) is 0 Å². The first kappa shape index (κ1) is 20.8. The maximum Gasteiger partial charge on any atom is 0.228 e. The van der Waals surface area contributed by atoms with Gasteiger partial charge < -0.3 is 10.2 Å². The molecule has 152 valence electrons. The topological polar surface area (TPSA) is 62.3 Å². The van der Waals surface area contributed by atoms with Crippen LogP contribution < -0.4 is 5.32 Å². The zero-order valence-electron chi connectivity index (χ0n) is 17.1. The van der Waals surface area contributed by atoms with E-state index in [4.69, 9.17) is 0 Å². The molecule has 0 bridgehead atoms. The monoisotopic (exact) mass is 391 g/mol. The lowest BCUT2D eigenvalue weighted by molar-refractivity contribution is -0.141. The molecule has 1 aromatic heterocycles. The van der Waals surface area contributed by atoms with Crippen molar-refractivity contribution < 1.29 is 9.59 Å². The Kier molecular flexibility index (Phi) is 6.81. The molecule has 1 saturated heterocycles. The average Bonchev–Trinajstić information content (AvgIpc) is 2.78. The van der Waals surface area contributed by atoms with Gasteiger partial charge in [-0.05, 0) is 48.1 Å². The highest BCUT2D eigenvalue weighted by atomic mass is 16.2. The lowest BCUT2D eigenvalue weighted by atomic mass is 9.73. The van der Waals surface area contributed by atoms with Crippen LogP contribution in [0.4, 0.5) is 0 Å². The molecule has 1 aromatic carbocycles. The first-order chi connectivity index (χ1) is 14.1. The Bertz CT molecular complexity index is 865. The van der Waals surface area contributed by atoms with E-state index in [0.29, 0.717) is 25.9 Å². The maximum absolute atomic E-state index is 13.3. The number of aromatic nitrogens is 1. The van der Waals surface area contributed by atoms with Crippen LogP contribution in [0.15, 0.2) is 61.4 Å². The molecule has 5 nitrogen and oxygen atoms in total. The highest BCUT2D eigenvalue weighted by Gasteiger charge is 2.43. The van der Waals surface area contributed by atoms with Crippen molar-refractivity contribution in [3.8, 4) is 11.1 Å². The first-order valence-corrected chi connectivity index (χ1v) is 10.2. The van der Waals surface area contributed by atoms with E-state index in [1.165, 1.54) is 0 Å². The number of pyridine rings is 1. The molecule has 0 spiro atoms. The molecule has 2 heterocycles. The van der Waals surface area contributed by atoms with E-state index in [1.807, 2.05) is 36.1 Å². The number of nitrogens with one attached hydrogen (secondary N) is 1. The van der Waals surface area contributed by atoms with Crippen molar-refractivity contribution in [1.82, 2.24) is 15.2 Å². The Morgan fingerprint density at radius 2 is 2.00 bits per heavy atom. The van der Waals surface area contributed by atoms with E-state index in [1.54, 1.807) is 18.5 Å². The van der Waals surface area contributed by atoms with Gasteiger partial charge in [-0.1, -0.05) is 37.3 Å². The predicted molar refractivity (Wildman–Crippen MR) is 115 cm³/mol. The summed E-state index contributed by atoms with van der Waals surface area (Å²) in [5, 5.41) is 2.99. The standard InChI is InChI=1S/C24H29N3O2/c1-3-13-26-23(29)24(12-7-16-27(18-24)22(28)4-2)17-20-8-5-6-9-21(20)19-10-14-25-15-11-19/h3,5-6,8-11,14-15H,1,4,7,12-13,16-18H2,2H3,(H,26,29)/t24-/m1/s1. The Morgan fingerprint density at radius 1 is 1.24 bits per heavy atom. The Hall–Kier alpha value is -2.95. The Balaban J connectivity index is 1.97. The number of piperidine rings is 1. The number of benzene rings is 1. The second-order valence-corrected chi connectivity index (χ2v) is 7.62. The van der Waals surface area contributed by atoms with Crippen LogP contribution in [0.5, 0.6) is 0 Å². The number of hydrogen-bond donors (Lipinski definition) is 1. The predicted octanol–water partition coefficient (Wildman–Crippen LogP) is 3.61. The first-order valence-electron chi connectivity index (χ1n) is 10.2. The Labute approximate surface area is 172 Å². The molecule has 1 atom stereocenters. The minimum atomic E-state index is -0.644. The largest absolute Gasteiger partial charge is 0.352 e. The highest BCUT2D eigenvalue weighted by molar-refractivity contribution is 5.85. The fraction of sp³-hybridized carbons (Fsp3) is 0.375. The third-order valence-electron chi connectivity index (χ3n) is 5.66. The number of carbonyl (C=O) groups excluding carboxylic acids is 2. The number of hydrogen-bond acceptors (Lipinski definition) is 3. The smallest absolute Gasteiger partial charge is 0.228 e. The summed E-state index contributed by atoms with van der Waals surface area (Å²) in [6, 6.07) is 12.1. The van der Waals surface area contributed by atoms with Crippen LogP contribution in [0.3, 0.4) is 0 Å². The average molecular weight is 392 g/mol. The molecule has 0 unspecified atom stereocenters. The van der Waals surface area contributed by atoms with Crippen molar-refractivity contribution in [2.45, 2.75) is 32.6 Å². The number of carbonyl (C=O) groups is 2. The van der Waals surface area contributed by atoms with Crippen molar-refractivity contribution in [3.05, 3.63) is 67.0 Å². The molecule has 2 amide bonds. The molecular weight excluding hydrogens is 362 g/mol. The summed E-state index contributed by atoms with van der Waals surface area (Å²) in [6.45, 7) is 7.17. The van der Waals surface area contributed by atoms with Crippen LogP contribution >= 0.6 is 0 Å². The fourth-order valence-corrected chi connectivity index (χ4v) is 4.18. The van der Waals surface area contributed by atoms with E-state index < -0.39 is 5.41 Å². The fourth-order valence-electron chi connectivity index (χ4n) is 4.18. The summed E-state index contributed by atoms with van der Waals surface area (Å²) in [7, 11) is 0. The van der Waals surface area contributed by atoms with Crippen LogP contribution in [-0.4, -0.2) is 41.3 Å². The van der Waals surface area contributed by atoms with Crippen molar-refractivity contribution in [3.63, 3.8) is 0 Å². The van der Waals surface area contributed by atoms with Gasteiger partial charge in [0.2, 0.25) is 11.8 Å². The second kappa shape index (κ2) is 9.50. The van der Waals surface area contributed by atoms with Gasteiger partial charge in [0.05, 0.1) is 5.41 Å². The van der Waals surface area contributed by atoms with Crippen LogP contribution in [0.2, 0.25) is 0 Å². The molecular formula is C24H29N3O2. The normalized spacial score (nSPS) is 18.9. The molecule has 1 fully saturated rings. The third kappa shape index (κ3) is 4.73. The van der Waals surface area contributed by atoms with E-state index in [2.05, 4.69) is 29.0 Å². The molecule has 1 N–H and O–H groups in total. The minimum Gasteiger partial charge on any atom is -0.352 e. The molecule has 1 aliphatic heterocycles. The van der Waals surface area contributed by atoms with Gasteiger partial charge in [-0.2, -0.15) is 0 Å². The van der Waals surface area contributed by atoms with Crippen LogP contribution in [0.25, 0.3) is 11.1 Å². The van der Waals surface area contributed by atoms with Crippen LogP contribution in [0.1, 0.15) is 31.7 Å². The number of nitrogens with zero attached hydrogens (tertiary/aromatic N) is 2. The summed E-state index contributed by atoms with van der Waals surface area (Å²) in [5.74, 6) is 0.101. The summed E-state index contributed by atoms with van der Waals surface area (Å²) >= 11 is 0. The molecule has 29 heavy (non-hydrogen) atoms. The number of rotatable bonds is 7. The van der Waals surface area contributed by atoms with E-state index in [-0.39, 0.29) is 11.8 Å².